The maximum atomic E-state index is 12.3. The lowest BCUT2D eigenvalue weighted by Gasteiger charge is -2.25. The predicted octanol–water partition coefficient (Wildman–Crippen LogP) is 2.05. The van der Waals surface area contributed by atoms with Crippen LogP contribution in [-0.2, 0) is 4.79 Å². The van der Waals surface area contributed by atoms with Gasteiger partial charge in [0.1, 0.15) is 18.8 Å². The van der Waals surface area contributed by atoms with Gasteiger partial charge in [-0.15, -0.1) is 0 Å². The lowest BCUT2D eigenvalue weighted by atomic mass is 10.2. The van der Waals surface area contributed by atoms with Crippen LogP contribution in [0, 0.1) is 0 Å². The van der Waals surface area contributed by atoms with Crippen LogP contribution in [0.4, 0.5) is 5.69 Å². The van der Waals surface area contributed by atoms with Crippen molar-refractivity contribution in [2.45, 2.75) is 6.10 Å². The fraction of sp³-hybridized carbons (Fsp3) is 0.118. The minimum atomic E-state index is -0.701. The van der Waals surface area contributed by atoms with Crippen LogP contribution in [0.5, 0.6) is 11.5 Å². The van der Waals surface area contributed by atoms with Crippen LogP contribution in [0.3, 0.4) is 0 Å². The molecule has 1 N–H and O–H groups in total. The summed E-state index contributed by atoms with van der Waals surface area (Å²) < 4.78 is 13.0. The SMILES string of the molecule is O=C(Nc1ccc(-n2ccnc2)nc1)C1COc2ccccc2O1. The average Bonchev–Trinajstić information content (AvgIpc) is 3.16. The number of rotatable bonds is 3. The standard InChI is InChI=1S/C17H14N4O3/c22-17(15-10-23-13-3-1-2-4-14(13)24-15)20-12-5-6-16(19-9-12)21-8-7-18-11-21/h1-9,11,15H,10H2,(H,20,22). The molecule has 1 amide bonds. The molecule has 0 fully saturated rings. The molecule has 7 nitrogen and oxygen atoms in total. The molecule has 0 saturated heterocycles. The van der Waals surface area contributed by atoms with Crippen LogP contribution in [0.15, 0.2) is 61.3 Å². The number of carbonyl (C=O) groups is 1. The van der Waals surface area contributed by atoms with Crippen molar-refractivity contribution >= 4 is 11.6 Å². The molecule has 0 spiro atoms. The molecule has 24 heavy (non-hydrogen) atoms. The average molecular weight is 322 g/mol. The molecule has 3 heterocycles. The van der Waals surface area contributed by atoms with E-state index in [1.807, 2.05) is 18.2 Å². The first kappa shape index (κ1) is 14.3. The highest BCUT2D eigenvalue weighted by atomic mass is 16.6. The fourth-order valence-corrected chi connectivity index (χ4v) is 2.38. The zero-order valence-electron chi connectivity index (χ0n) is 12.6. The number of pyridine rings is 1. The lowest BCUT2D eigenvalue weighted by molar-refractivity contribution is -0.125. The van der Waals surface area contributed by atoms with Crippen molar-refractivity contribution in [3.8, 4) is 17.3 Å². The van der Waals surface area contributed by atoms with E-state index in [0.717, 1.165) is 5.82 Å². The number of fused-ring (bicyclic) bond motifs is 1. The highest BCUT2D eigenvalue weighted by molar-refractivity contribution is 5.94. The molecule has 0 bridgehead atoms. The number of anilines is 1. The van der Waals surface area contributed by atoms with Crippen LogP contribution in [0.2, 0.25) is 0 Å². The molecule has 0 saturated carbocycles. The Balaban J connectivity index is 1.43. The number of hydrogen-bond donors (Lipinski definition) is 1. The number of nitrogens with zero attached hydrogens (tertiary/aromatic N) is 3. The van der Waals surface area contributed by atoms with Gasteiger partial charge in [0, 0.05) is 12.4 Å². The van der Waals surface area contributed by atoms with E-state index < -0.39 is 6.10 Å². The third-order valence-electron chi connectivity index (χ3n) is 3.59. The lowest BCUT2D eigenvalue weighted by Crippen LogP contribution is -2.40. The minimum absolute atomic E-state index is 0.170. The van der Waals surface area contributed by atoms with Crippen LogP contribution in [0.25, 0.3) is 5.82 Å². The van der Waals surface area contributed by atoms with Gasteiger partial charge in [-0.3, -0.25) is 9.36 Å². The zero-order valence-corrected chi connectivity index (χ0v) is 12.6. The smallest absolute Gasteiger partial charge is 0.269 e. The Morgan fingerprint density at radius 2 is 2.08 bits per heavy atom. The molecule has 1 unspecified atom stereocenters. The number of imidazole rings is 1. The molecule has 1 aliphatic rings. The minimum Gasteiger partial charge on any atom is -0.485 e. The monoisotopic (exact) mass is 322 g/mol. The molecule has 0 radical (unpaired) electrons. The molecule has 120 valence electrons. The van der Waals surface area contributed by atoms with Gasteiger partial charge >= 0.3 is 0 Å². The number of ether oxygens (including phenoxy) is 2. The Morgan fingerprint density at radius 1 is 1.21 bits per heavy atom. The molecule has 1 aliphatic heterocycles. The van der Waals surface area contributed by atoms with Crippen molar-refractivity contribution in [1.82, 2.24) is 14.5 Å². The first-order valence-electron chi connectivity index (χ1n) is 7.43. The van der Waals surface area contributed by atoms with Crippen molar-refractivity contribution in [2.24, 2.45) is 0 Å². The van der Waals surface area contributed by atoms with E-state index in [2.05, 4.69) is 15.3 Å². The van der Waals surface area contributed by atoms with E-state index in [0.29, 0.717) is 17.2 Å². The van der Waals surface area contributed by atoms with Gasteiger partial charge in [0.15, 0.2) is 11.5 Å². The summed E-state index contributed by atoms with van der Waals surface area (Å²) in [6, 6.07) is 10.8. The number of para-hydroxylation sites is 2. The predicted molar refractivity (Wildman–Crippen MR) is 86.3 cm³/mol. The number of benzene rings is 1. The molecule has 3 aromatic rings. The van der Waals surface area contributed by atoms with Gasteiger partial charge < -0.3 is 14.8 Å². The molecule has 4 rings (SSSR count). The van der Waals surface area contributed by atoms with Gasteiger partial charge in [-0.2, -0.15) is 0 Å². The van der Waals surface area contributed by atoms with Crippen LogP contribution in [0.1, 0.15) is 0 Å². The third kappa shape index (κ3) is 2.79. The maximum absolute atomic E-state index is 12.3. The zero-order chi connectivity index (χ0) is 16.4. The summed E-state index contributed by atoms with van der Waals surface area (Å²) >= 11 is 0. The summed E-state index contributed by atoms with van der Waals surface area (Å²) in [7, 11) is 0. The van der Waals surface area contributed by atoms with Crippen LogP contribution in [-0.4, -0.2) is 33.2 Å². The molecular weight excluding hydrogens is 308 g/mol. The summed E-state index contributed by atoms with van der Waals surface area (Å²) in [5, 5.41) is 2.78. The highest BCUT2D eigenvalue weighted by Gasteiger charge is 2.27. The van der Waals surface area contributed by atoms with Crippen molar-refractivity contribution in [3.63, 3.8) is 0 Å². The summed E-state index contributed by atoms with van der Waals surface area (Å²) in [5.74, 6) is 1.66. The summed E-state index contributed by atoms with van der Waals surface area (Å²) in [6.45, 7) is 0.170. The quantitative estimate of drug-likeness (QED) is 0.798. The third-order valence-corrected chi connectivity index (χ3v) is 3.59. The normalized spacial score (nSPS) is 15.8. The largest absolute Gasteiger partial charge is 0.485 e. The van der Waals surface area contributed by atoms with E-state index in [4.69, 9.17) is 9.47 Å². The Kier molecular flexibility index (Phi) is 3.59. The Morgan fingerprint density at radius 3 is 2.83 bits per heavy atom. The summed E-state index contributed by atoms with van der Waals surface area (Å²) in [5.41, 5.74) is 0.589. The highest BCUT2D eigenvalue weighted by Crippen LogP contribution is 2.31. The Bertz CT molecular complexity index is 847. The first-order chi connectivity index (χ1) is 11.8. The van der Waals surface area contributed by atoms with Crippen molar-refractivity contribution in [1.29, 1.82) is 0 Å². The molecular formula is C17H14N4O3. The second kappa shape index (κ2) is 6.04. The number of nitrogens with one attached hydrogen (secondary N) is 1. The number of hydrogen-bond acceptors (Lipinski definition) is 5. The second-order valence-corrected chi connectivity index (χ2v) is 5.23. The topological polar surface area (TPSA) is 78.3 Å². The van der Waals surface area contributed by atoms with Crippen molar-refractivity contribution in [2.75, 3.05) is 11.9 Å². The number of aromatic nitrogens is 3. The van der Waals surface area contributed by atoms with Crippen molar-refractivity contribution in [3.05, 3.63) is 61.3 Å². The van der Waals surface area contributed by atoms with E-state index in [9.17, 15) is 4.79 Å². The maximum Gasteiger partial charge on any atom is 0.269 e. The van der Waals surface area contributed by atoms with E-state index in [1.165, 1.54) is 0 Å². The van der Waals surface area contributed by atoms with Crippen molar-refractivity contribution < 1.29 is 14.3 Å². The van der Waals surface area contributed by atoms with Gasteiger partial charge in [-0.05, 0) is 24.3 Å². The molecule has 0 aliphatic carbocycles. The first-order valence-corrected chi connectivity index (χ1v) is 7.43. The summed E-state index contributed by atoms with van der Waals surface area (Å²) in [4.78, 5) is 20.6. The van der Waals surface area contributed by atoms with Gasteiger partial charge in [0.05, 0.1) is 11.9 Å². The van der Waals surface area contributed by atoms with Gasteiger partial charge in [0.2, 0.25) is 6.10 Å². The Labute approximate surface area is 137 Å². The van der Waals surface area contributed by atoms with E-state index in [1.54, 1.807) is 47.7 Å². The summed E-state index contributed by atoms with van der Waals surface area (Å²) in [6.07, 6.45) is 6.02. The molecule has 2 aromatic heterocycles. The second-order valence-electron chi connectivity index (χ2n) is 5.23. The van der Waals surface area contributed by atoms with Gasteiger partial charge in [0.25, 0.3) is 5.91 Å². The van der Waals surface area contributed by atoms with Gasteiger partial charge in [-0.25, -0.2) is 9.97 Å². The van der Waals surface area contributed by atoms with E-state index in [-0.39, 0.29) is 12.5 Å². The number of carbonyl (C=O) groups excluding carboxylic acids is 1. The van der Waals surface area contributed by atoms with Crippen LogP contribution < -0.4 is 14.8 Å². The van der Waals surface area contributed by atoms with E-state index >= 15 is 0 Å². The molecule has 1 aromatic carbocycles. The Hall–Kier alpha value is -3.35. The van der Waals surface area contributed by atoms with Crippen LogP contribution >= 0.6 is 0 Å². The van der Waals surface area contributed by atoms with Gasteiger partial charge in [-0.1, -0.05) is 12.1 Å². The number of amides is 1. The molecule has 7 heteroatoms. The molecule has 1 atom stereocenters. The fourth-order valence-electron chi connectivity index (χ4n) is 2.38.